The molecule has 5 nitrogen and oxygen atoms in total. The fraction of sp³-hybridized carbons (Fsp3) is 0.333. The fourth-order valence-corrected chi connectivity index (χ4v) is 3.76. The smallest absolute Gasteiger partial charge is 0.410 e. The second kappa shape index (κ2) is 11.1. The monoisotopic (exact) mass is 450 g/mol. The Balaban J connectivity index is 0.000000374. The highest BCUT2D eigenvalue weighted by molar-refractivity contribution is 5.69. The molecule has 0 radical (unpaired) electrons. The van der Waals surface area contributed by atoms with Crippen LogP contribution in [0.4, 0.5) is 9.18 Å². The zero-order valence-electron chi connectivity index (χ0n) is 19.3. The molecular formula is C27H31FN2O3. The molecule has 0 aliphatic carbocycles. The first-order chi connectivity index (χ1) is 15.7. The number of rotatable bonds is 5. The van der Waals surface area contributed by atoms with Gasteiger partial charge in [0, 0.05) is 31.1 Å². The number of pyridine rings is 1. The van der Waals surface area contributed by atoms with E-state index in [0.29, 0.717) is 13.0 Å². The molecule has 6 heteroatoms. The Morgan fingerprint density at radius 3 is 2.27 bits per heavy atom. The lowest BCUT2D eigenvalue weighted by molar-refractivity contribution is -0.0309. The quantitative estimate of drug-likeness (QED) is 0.517. The molecule has 2 heterocycles. The molecular weight excluding hydrogens is 419 g/mol. The second-order valence-corrected chi connectivity index (χ2v) is 8.81. The van der Waals surface area contributed by atoms with Crippen molar-refractivity contribution in [2.45, 2.75) is 51.4 Å². The van der Waals surface area contributed by atoms with Crippen LogP contribution < -0.4 is 0 Å². The largest absolute Gasteiger partial charge is 0.446 e. The standard InChI is InChI=1S/C21H26N2O3.C6H5F/c1-15(23-13-11-18(26-20(23)24)14-21(2,3)25)16-7-9-17(10-8-16)19-6-4-5-12-22-19;7-6-4-2-1-3-5-6/h4-10,12,15,18,25H,11,13-14H2,1-3H3;1-5H. The maximum absolute atomic E-state index is 12.4. The Labute approximate surface area is 194 Å². The van der Waals surface area contributed by atoms with Crippen LogP contribution >= 0.6 is 0 Å². The normalized spacial score (nSPS) is 16.9. The zero-order chi connectivity index (χ0) is 23.8. The Kier molecular flexibility index (Phi) is 8.17. The number of cyclic esters (lactones) is 1. The van der Waals surface area contributed by atoms with Gasteiger partial charge in [0.1, 0.15) is 11.9 Å². The molecule has 174 valence electrons. The third-order valence-electron chi connectivity index (χ3n) is 5.48. The molecule has 4 rings (SSSR count). The van der Waals surface area contributed by atoms with Gasteiger partial charge in [0.25, 0.3) is 0 Å². The highest BCUT2D eigenvalue weighted by atomic mass is 19.1. The summed E-state index contributed by atoms with van der Waals surface area (Å²) < 4.78 is 17.4. The Bertz CT molecular complexity index is 1010. The SMILES string of the molecule is CC(c1ccc(-c2ccccn2)cc1)N1CCC(CC(C)(C)O)OC1=O.Fc1ccccc1. The number of aliphatic hydroxyl groups is 1. The maximum Gasteiger partial charge on any atom is 0.410 e. The predicted molar refractivity (Wildman–Crippen MR) is 127 cm³/mol. The highest BCUT2D eigenvalue weighted by Crippen LogP contribution is 2.29. The molecule has 33 heavy (non-hydrogen) atoms. The summed E-state index contributed by atoms with van der Waals surface area (Å²) >= 11 is 0. The molecule has 0 bridgehead atoms. The van der Waals surface area contributed by atoms with Gasteiger partial charge in [0.15, 0.2) is 0 Å². The lowest BCUT2D eigenvalue weighted by atomic mass is 9.97. The van der Waals surface area contributed by atoms with Gasteiger partial charge in [-0.2, -0.15) is 0 Å². The van der Waals surface area contributed by atoms with Crippen molar-refractivity contribution in [2.75, 3.05) is 6.54 Å². The number of ether oxygens (including phenoxy) is 1. The van der Waals surface area contributed by atoms with E-state index in [-0.39, 0.29) is 24.1 Å². The number of carbonyl (C=O) groups is 1. The van der Waals surface area contributed by atoms with E-state index in [9.17, 15) is 14.3 Å². The summed E-state index contributed by atoms with van der Waals surface area (Å²) in [7, 11) is 0. The van der Waals surface area contributed by atoms with Crippen LogP contribution in [0.25, 0.3) is 11.3 Å². The number of nitrogens with zero attached hydrogens (tertiary/aromatic N) is 2. The zero-order valence-corrected chi connectivity index (χ0v) is 19.3. The summed E-state index contributed by atoms with van der Waals surface area (Å²) in [5.74, 6) is -0.178. The van der Waals surface area contributed by atoms with Gasteiger partial charge >= 0.3 is 6.09 Å². The van der Waals surface area contributed by atoms with Crippen LogP contribution in [-0.4, -0.2) is 39.3 Å². The molecule has 1 fully saturated rings. The molecule has 2 unspecified atom stereocenters. The molecule has 1 aromatic heterocycles. The fourth-order valence-electron chi connectivity index (χ4n) is 3.76. The van der Waals surface area contributed by atoms with Crippen LogP contribution in [0.5, 0.6) is 0 Å². The van der Waals surface area contributed by atoms with E-state index in [1.165, 1.54) is 12.1 Å². The van der Waals surface area contributed by atoms with Crippen LogP contribution in [0.15, 0.2) is 79.0 Å². The number of amides is 1. The topological polar surface area (TPSA) is 62.7 Å². The summed E-state index contributed by atoms with van der Waals surface area (Å²) in [6, 6.07) is 21.8. The molecule has 2 aromatic carbocycles. The van der Waals surface area contributed by atoms with Crippen molar-refractivity contribution < 1.29 is 19.0 Å². The third kappa shape index (κ3) is 7.39. The number of halogens is 1. The summed E-state index contributed by atoms with van der Waals surface area (Å²) in [4.78, 5) is 18.5. The van der Waals surface area contributed by atoms with Crippen LogP contribution in [0.3, 0.4) is 0 Å². The van der Waals surface area contributed by atoms with Crippen LogP contribution in [0, 0.1) is 5.82 Å². The second-order valence-electron chi connectivity index (χ2n) is 8.81. The van der Waals surface area contributed by atoms with E-state index in [1.54, 1.807) is 43.1 Å². The molecule has 1 saturated heterocycles. The molecule has 0 spiro atoms. The summed E-state index contributed by atoms with van der Waals surface area (Å²) in [5.41, 5.74) is 2.20. The van der Waals surface area contributed by atoms with Gasteiger partial charge in [-0.05, 0) is 50.6 Å². The van der Waals surface area contributed by atoms with Gasteiger partial charge in [-0.3, -0.25) is 4.98 Å². The van der Waals surface area contributed by atoms with E-state index in [2.05, 4.69) is 4.98 Å². The molecule has 1 aliphatic heterocycles. The average molecular weight is 451 g/mol. The van der Waals surface area contributed by atoms with E-state index in [1.807, 2.05) is 49.4 Å². The minimum Gasteiger partial charge on any atom is -0.446 e. The first-order valence-corrected chi connectivity index (χ1v) is 11.1. The molecule has 1 N–H and O–H groups in total. The van der Waals surface area contributed by atoms with Crippen LogP contribution in [-0.2, 0) is 4.74 Å². The van der Waals surface area contributed by atoms with Crippen molar-refractivity contribution in [3.63, 3.8) is 0 Å². The average Bonchev–Trinajstić information content (AvgIpc) is 2.79. The first-order valence-electron chi connectivity index (χ1n) is 11.1. The van der Waals surface area contributed by atoms with Crippen molar-refractivity contribution in [1.82, 2.24) is 9.88 Å². The minimum absolute atomic E-state index is 0.0663. The van der Waals surface area contributed by atoms with Crippen molar-refractivity contribution >= 4 is 6.09 Å². The molecule has 3 aromatic rings. The lowest BCUT2D eigenvalue weighted by Crippen LogP contribution is -2.45. The van der Waals surface area contributed by atoms with Gasteiger partial charge in [0.2, 0.25) is 0 Å². The van der Waals surface area contributed by atoms with Crippen LogP contribution in [0.2, 0.25) is 0 Å². The minimum atomic E-state index is -0.833. The van der Waals surface area contributed by atoms with E-state index in [4.69, 9.17) is 4.74 Å². The maximum atomic E-state index is 12.4. The molecule has 0 saturated carbocycles. The van der Waals surface area contributed by atoms with Crippen molar-refractivity contribution in [1.29, 1.82) is 0 Å². The van der Waals surface area contributed by atoms with Crippen molar-refractivity contribution in [3.05, 3.63) is 90.4 Å². The predicted octanol–water partition coefficient (Wildman–Crippen LogP) is 6.01. The first kappa shape index (κ1) is 24.4. The number of hydrogen-bond donors (Lipinski definition) is 1. The Morgan fingerprint density at radius 2 is 1.76 bits per heavy atom. The van der Waals surface area contributed by atoms with E-state index >= 15 is 0 Å². The Morgan fingerprint density at radius 1 is 1.09 bits per heavy atom. The van der Waals surface area contributed by atoms with Gasteiger partial charge < -0.3 is 14.7 Å². The third-order valence-corrected chi connectivity index (χ3v) is 5.48. The number of hydrogen-bond acceptors (Lipinski definition) is 4. The van der Waals surface area contributed by atoms with Gasteiger partial charge in [-0.25, -0.2) is 9.18 Å². The van der Waals surface area contributed by atoms with E-state index in [0.717, 1.165) is 23.2 Å². The van der Waals surface area contributed by atoms with Crippen LogP contribution in [0.1, 0.15) is 45.2 Å². The Hall–Kier alpha value is -3.25. The molecule has 2 atom stereocenters. The molecule has 1 amide bonds. The van der Waals surface area contributed by atoms with Crippen molar-refractivity contribution in [3.8, 4) is 11.3 Å². The summed E-state index contributed by atoms with van der Waals surface area (Å²) in [6.07, 6.45) is 2.43. The summed E-state index contributed by atoms with van der Waals surface area (Å²) in [6.45, 7) is 6.11. The molecule has 1 aliphatic rings. The number of aromatic nitrogens is 1. The number of carbonyl (C=O) groups excluding carboxylic acids is 1. The van der Waals surface area contributed by atoms with Gasteiger partial charge in [0.05, 0.1) is 17.3 Å². The van der Waals surface area contributed by atoms with E-state index < -0.39 is 5.60 Å². The lowest BCUT2D eigenvalue weighted by Gasteiger charge is -2.37. The number of benzene rings is 2. The highest BCUT2D eigenvalue weighted by Gasteiger charge is 2.33. The van der Waals surface area contributed by atoms with Crippen molar-refractivity contribution in [2.24, 2.45) is 0 Å². The van der Waals surface area contributed by atoms with Gasteiger partial charge in [-0.15, -0.1) is 0 Å². The van der Waals surface area contributed by atoms with Gasteiger partial charge in [-0.1, -0.05) is 48.5 Å². The summed E-state index contributed by atoms with van der Waals surface area (Å²) in [5, 5.41) is 9.92.